The lowest BCUT2D eigenvalue weighted by molar-refractivity contribution is -0.276. The van der Waals surface area contributed by atoms with E-state index >= 15 is 17.6 Å². The van der Waals surface area contributed by atoms with Crippen molar-refractivity contribution in [1.82, 2.24) is 4.31 Å². The molecule has 0 spiro atoms. The number of piperidine rings is 1. The smallest absolute Gasteiger partial charge is 0.295 e. The number of ether oxygens (including phenoxy) is 1. The Morgan fingerprint density at radius 2 is 1.25 bits per heavy atom. The van der Waals surface area contributed by atoms with E-state index in [4.69, 9.17) is 4.74 Å². The highest BCUT2D eigenvalue weighted by molar-refractivity contribution is 7.90. The summed E-state index contributed by atoms with van der Waals surface area (Å²) in [6.07, 6.45) is -3.59. The van der Waals surface area contributed by atoms with E-state index in [1.807, 2.05) is 0 Å². The van der Waals surface area contributed by atoms with E-state index in [1.54, 1.807) is 0 Å². The summed E-state index contributed by atoms with van der Waals surface area (Å²) in [5.41, 5.74) is -2.68. The molecular weight excluding hydrogens is 526 g/mol. The van der Waals surface area contributed by atoms with Crippen molar-refractivity contribution in [3.05, 3.63) is 0 Å². The van der Waals surface area contributed by atoms with Crippen molar-refractivity contribution < 1.29 is 43.7 Å². The zero-order chi connectivity index (χ0) is 28.2. The first-order valence-electron chi connectivity index (χ1n) is 12.9. The second-order valence-electron chi connectivity index (χ2n) is 9.54. The topological polar surface area (TPSA) is 101 Å². The Morgan fingerprint density at radius 3 is 1.58 bits per heavy atom. The lowest BCUT2D eigenvalue weighted by Crippen LogP contribution is -2.66. The van der Waals surface area contributed by atoms with Crippen LogP contribution >= 0.6 is 0 Å². The van der Waals surface area contributed by atoms with Crippen LogP contribution in [-0.2, 0) is 24.9 Å². The van der Waals surface area contributed by atoms with Crippen molar-refractivity contribution in [2.45, 2.75) is 133 Å². The molecule has 0 bridgehead atoms. The predicted octanol–water partition coefficient (Wildman–Crippen LogP) is 5.65. The van der Waals surface area contributed by atoms with Gasteiger partial charge >= 0.3 is 0 Å². The maximum absolute atomic E-state index is 16.4. The van der Waals surface area contributed by atoms with Gasteiger partial charge in [0, 0.05) is 13.1 Å². The van der Waals surface area contributed by atoms with Crippen molar-refractivity contribution in [2.75, 3.05) is 13.1 Å². The Labute approximate surface area is 214 Å². The van der Waals surface area contributed by atoms with Crippen LogP contribution in [-0.4, -0.2) is 72.3 Å². The van der Waals surface area contributed by atoms with E-state index in [9.17, 15) is 21.4 Å². The minimum absolute atomic E-state index is 0.107. The Kier molecular flexibility index (Phi) is 11.3. The van der Waals surface area contributed by atoms with Crippen LogP contribution < -0.4 is 0 Å². The average molecular weight is 570 g/mol. The Bertz CT molecular complexity index is 913. The van der Waals surface area contributed by atoms with Crippen molar-refractivity contribution in [3.8, 4) is 0 Å². The number of alkyl halides is 4. The van der Waals surface area contributed by atoms with Gasteiger partial charge in [-0.15, -0.1) is 0 Å². The third-order valence-corrected chi connectivity index (χ3v) is 12.2. The fourth-order valence-electron chi connectivity index (χ4n) is 5.50. The average Bonchev–Trinajstić information content (AvgIpc) is 2.80. The molecule has 13 heteroatoms. The molecule has 1 heterocycles. The number of halogens is 4. The Balaban J connectivity index is 3.69. The van der Waals surface area contributed by atoms with Crippen molar-refractivity contribution in [2.24, 2.45) is 0 Å². The molecule has 7 nitrogen and oxygen atoms in total. The van der Waals surface area contributed by atoms with Gasteiger partial charge in [0.2, 0.25) is 10.0 Å². The fraction of sp³-hybridized carbons (Fsp3) is 1.00. The molecule has 0 aromatic rings. The lowest BCUT2D eigenvalue weighted by Gasteiger charge is -2.49. The van der Waals surface area contributed by atoms with Crippen LogP contribution in [0.3, 0.4) is 0 Å². The minimum atomic E-state index is -5.25. The zero-order valence-electron chi connectivity index (χ0n) is 22.2. The summed E-state index contributed by atoms with van der Waals surface area (Å²) < 4.78 is 129. The van der Waals surface area contributed by atoms with E-state index in [2.05, 4.69) is 0 Å². The molecule has 0 aliphatic carbocycles. The van der Waals surface area contributed by atoms with Crippen molar-refractivity contribution >= 4 is 20.1 Å². The van der Waals surface area contributed by atoms with E-state index < -0.39 is 92.2 Å². The first kappa shape index (κ1) is 33.5. The number of hydrogen-bond donors (Lipinski definition) is 1. The highest BCUT2D eigenvalue weighted by Crippen LogP contribution is 2.51. The van der Waals surface area contributed by atoms with Gasteiger partial charge in [-0.3, -0.25) is 4.55 Å². The summed E-state index contributed by atoms with van der Waals surface area (Å²) in [6.45, 7) is 7.83. The molecule has 1 aliphatic heterocycles. The molecule has 0 amide bonds. The van der Waals surface area contributed by atoms with Crippen LogP contribution in [0.5, 0.6) is 0 Å². The molecule has 0 aromatic heterocycles. The molecule has 216 valence electrons. The monoisotopic (exact) mass is 569 g/mol. The van der Waals surface area contributed by atoms with Gasteiger partial charge in [-0.05, 0) is 51.4 Å². The summed E-state index contributed by atoms with van der Waals surface area (Å²) in [5, 5.41) is -2.57. The summed E-state index contributed by atoms with van der Waals surface area (Å²) in [4.78, 5) is 0. The molecule has 0 saturated carbocycles. The molecule has 0 aromatic carbocycles. The van der Waals surface area contributed by atoms with Crippen LogP contribution in [0.2, 0.25) is 0 Å². The quantitative estimate of drug-likeness (QED) is 0.202. The number of rotatable bonds is 15. The Morgan fingerprint density at radius 1 is 0.778 bits per heavy atom. The molecular formula is C23H43F4NO6S2. The molecule has 2 unspecified atom stereocenters. The highest BCUT2D eigenvalue weighted by Gasteiger charge is 2.68. The largest absolute Gasteiger partial charge is 0.359 e. The first-order chi connectivity index (χ1) is 16.5. The molecule has 1 rings (SSSR count). The summed E-state index contributed by atoms with van der Waals surface area (Å²) >= 11 is 0. The van der Waals surface area contributed by atoms with Gasteiger partial charge in [0.05, 0.1) is 0 Å². The number of hydrogen-bond acceptors (Lipinski definition) is 5. The van der Waals surface area contributed by atoms with Crippen LogP contribution in [0.25, 0.3) is 0 Å². The van der Waals surface area contributed by atoms with E-state index in [-0.39, 0.29) is 13.1 Å². The van der Waals surface area contributed by atoms with Crippen LogP contribution in [0, 0.1) is 0 Å². The maximum Gasteiger partial charge on any atom is 0.295 e. The normalized spacial score (nSPS) is 19.3. The standard InChI is InChI=1S/C23H43F4NO6S2/c1-7-18(34-20(9-3,10-4)23(26,27)19(8-2)35(29,30)31)22(24,25)21(11-5,12-6)36(32,33)28-16-14-13-15-17-28/h18-19H,7-17H2,1-6H3,(H,29,30,31). The van der Waals surface area contributed by atoms with Crippen molar-refractivity contribution in [1.29, 1.82) is 0 Å². The molecule has 36 heavy (non-hydrogen) atoms. The van der Waals surface area contributed by atoms with Gasteiger partial charge in [0.25, 0.3) is 22.0 Å². The van der Waals surface area contributed by atoms with Gasteiger partial charge in [0.1, 0.15) is 11.7 Å². The van der Waals surface area contributed by atoms with E-state index in [0.717, 1.165) is 17.6 Å². The number of nitrogens with zero attached hydrogens (tertiary/aromatic N) is 1. The fourth-order valence-corrected chi connectivity index (χ4v) is 8.95. The third kappa shape index (κ3) is 5.60. The minimum Gasteiger partial charge on any atom is -0.359 e. The van der Waals surface area contributed by atoms with Crippen LogP contribution in [0.4, 0.5) is 17.6 Å². The van der Waals surface area contributed by atoms with Crippen LogP contribution in [0.1, 0.15) is 99.3 Å². The van der Waals surface area contributed by atoms with Crippen LogP contribution in [0.15, 0.2) is 0 Å². The summed E-state index contributed by atoms with van der Waals surface area (Å²) in [7, 11) is -9.82. The van der Waals surface area contributed by atoms with E-state index in [0.29, 0.717) is 12.8 Å². The molecule has 1 fully saturated rings. The Hall–Kier alpha value is -0.500. The third-order valence-electron chi connectivity index (χ3n) is 7.93. The van der Waals surface area contributed by atoms with Gasteiger partial charge < -0.3 is 4.74 Å². The SMILES string of the molecule is CCC(OC(CC)(CC)C(F)(F)C(CC)S(=O)(=O)O)C(F)(F)C(CC)(CC)S(=O)(=O)N1CCCCC1. The first-order valence-corrected chi connectivity index (χ1v) is 15.8. The van der Waals surface area contributed by atoms with Gasteiger partial charge in [0.15, 0.2) is 10.00 Å². The maximum atomic E-state index is 16.4. The molecule has 1 N–H and O–H groups in total. The molecule has 1 saturated heterocycles. The van der Waals surface area contributed by atoms with Gasteiger partial charge in [-0.25, -0.2) is 30.3 Å². The molecule has 0 radical (unpaired) electrons. The predicted molar refractivity (Wildman–Crippen MR) is 132 cm³/mol. The van der Waals surface area contributed by atoms with Gasteiger partial charge in [-0.1, -0.05) is 48.0 Å². The van der Waals surface area contributed by atoms with Crippen molar-refractivity contribution in [3.63, 3.8) is 0 Å². The van der Waals surface area contributed by atoms with E-state index in [1.165, 1.54) is 34.6 Å². The summed E-state index contributed by atoms with van der Waals surface area (Å²) in [6, 6.07) is 0. The van der Waals surface area contributed by atoms with Gasteiger partial charge in [-0.2, -0.15) is 8.42 Å². The molecule has 1 aliphatic rings. The molecule has 2 atom stereocenters. The zero-order valence-corrected chi connectivity index (χ0v) is 23.8. The highest BCUT2D eigenvalue weighted by atomic mass is 32.2. The second-order valence-corrected chi connectivity index (χ2v) is 13.4. The summed E-state index contributed by atoms with van der Waals surface area (Å²) in [5.74, 6) is -8.33. The number of sulfonamides is 1. The second kappa shape index (κ2) is 12.1. The lowest BCUT2D eigenvalue weighted by atomic mass is 9.84.